The van der Waals surface area contributed by atoms with Gasteiger partial charge in [0, 0.05) is 25.0 Å². The van der Waals surface area contributed by atoms with Gasteiger partial charge in [-0.25, -0.2) is 9.67 Å². The summed E-state index contributed by atoms with van der Waals surface area (Å²) in [4.78, 5) is 16.1. The predicted molar refractivity (Wildman–Crippen MR) is 87.7 cm³/mol. The Kier molecular flexibility index (Phi) is 4.45. The van der Waals surface area contributed by atoms with Crippen molar-refractivity contribution in [1.82, 2.24) is 24.5 Å². The molecule has 0 aliphatic rings. The van der Waals surface area contributed by atoms with E-state index in [1.54, 1.807) is 37.1 Å². The van der Waals surface area contributed by atoms with Crippen LogP contribution in [0.2, 0.25) is 0 Å². The quantitative estimate of drug-likeness (QED) is 0.529. The Labute approximate surface area is 146 Å². The molecule has 26 heavy (non-hydrogen) atoms. The SMILES string of the molecule is Cc1c(C(=O)/C=C/c2cnn(C)c2)cnn1-c1ccc(C(F)(F)F)cn1. The Balaban J connectivity index is 1.83. The van der Waals surface area contributed by atoms with E-state index in [1.807, 2.05) is 0 Å². The lowest BCUT2D eigenvalue weighted by atomic mass is 10.1. The van der Waals surface area contributed by atoms with Gasteiger partial charge in [0.05, 0.1) is 29.2 Å². The van der Waals surface area contributed by atoms with Gasteiger partial charge < -0.3 is 0 Å². The zero-order chi connectivity index (χ0) is 18.9. The van der Waals surface area contributed by atoms with Gasteiger partial charge in [-0.3, -0.25) is 9.48 Å². The molecule has 0 N–H and O–H groups in total. The summed E-state index contributed by atoms with van der Waals surface area (Å²) in [6.07, 6.45) is 4.04. The lowest BCUT2D eigenvalue weighted by Crippen LogP contribution is -2.08. The molecule has 3 aromatic heterocycles. The molecule has 0 atom stereocenters. The topological polar surface area (TPSA) is 65.6 Å². The molecule has 3 heterocycles. The molecule has 0 fully saturated rings. The minimum Gasteiger partial charge on any atom is -0.289 e. The highest BCUT2D eigenvalue weighted by atomic mass is 19.4. The Morgan fingerprint density at radius 1 is 1.15 bits per heavy atom. The van der Waals surface area contributed by atoms with Crippen LogP contribution in [0, 0.1) is 6.92 Å². The van der Waals surface area contributed by atoms with Gasteiger partial charge in [0.1, 0.15) is 0 Å². The molecule has 0 radical (unpaired) electrons. The van der Waals surface area contributed by atoms with Crippen LogP contribution in [0.5, 0.6) is 0 Å². The number of carbonyl (C=O) groups is 1. The standard InChI is InChI=1S/C17H14F3N5O/c1-11-14(15(26)5-3-12-7-22-24(2)10-12)9-23-25(11)16-6-4-13(8-21-16)17(18,19)20/h3-10H,1-2H3/b5-3+. The number of halogens is 3. The number of aryl methyl sites for hydroxylation is 1. The maximum atomic E-state index is 12.6. The van der Waals surface area contributed by atoms with Crippen molar-refractivity contribution in [3.05, 3.63) is 65.4 Å². The number of aromatic nitrogens is 5. The molecular weight excluding hydrogens is 347 g/mol. The Morgan fingerprint density at radius 3 is 2.50 bits per heavy atom. The molecule has 134 valence electrons. The fourth-order valence-corrected chi connectivity index (χ4v) is 2.35. The summed E-state index contributed by atoms with van der Waals surface area (Å²) in [5.74, 6) is -0.0738. The highest BCUT2D eigenvalue weighted by Gasteiger charge is 2.30. The van der Waals surface area contributed by atoms with Crippen LogP contribution >= 0.6 is 0 Å². The van der Waals surface area contributed by atoms with Gasteiger partial charge >= 0.3 is 6.18 Å². The van der Waals surface area contributed by atoms with Crippen molar-refractivity contribution < 1.29 is 18.0 Å². The maximum Gasteiger partial charge on any atom is 0.417 e. The third-order valence-electron chi connectivity index (χ3n) is 3.72. The van der Waals surface area contributed by atoms with E-state index >= 15 is 0 Å². The fourth-order valence-electron chi connectivity index (χ4n) is 2.35. The van der Waals surface area contributed by atoms with Crippen LogP contribution in [0.1, 0.15) is 27.2 Å². The Morgan fingerprint density at radius 2 is 1.92 bits per heavy atom. The molecule has 0 aromatic carbocycles. The molecule has 0 saturated heterocycles. The second kappa shape index (κ2) is 6.58. The second-order valence-electron chi connectivity index (χ2n) is 5.60. The van der Waals surface area contributed by atoms with Crippen molar-refractivity contribution in [1.29, 1.82) is 0 Å². The number of pyridine rings is 1. The molecule has 0 aliphatic heterocycles. The van der Waals surface area contributed by atoms with E-state index in [4.69, 9.17) is 0 Å². The van der Waals surface area contributed by atoms with Gasteiger partial charge in [-0.1, -0.05) is 0 Å². The highest BCUT2D eigenvalue weighted by Crippen LogP contribution is 2.28. The maximum absolute atomic E-state index is 12.6. The molecular formula is C17H14F3N5O. The van der Waals surface area contributed by atoms with Crippen molar-refractivity contribution >= 4 is 11.9 Å². The fraction of sp³-hybridized carbons (Fsp3) is 0.176. The van der Waals surface area contributed by atoms with Crippen LogP contribution in [0.3, 0.4) is 0 Å². The largest absolute Gasteiger partial charge is 0.417 e. The average molecular weight is 361 g/mol. The minimum absolute atomic E-state index is 0.200. The number of ketones is 1. The van der Waals surface area contributed by atoms with Crippen molar-refractivity contribution in [3.8, 4) is 5.82 Å². The summed E-state index contributed by atoms with van der Waals surface area (Å²) < 4.78 is 40.8. The molecule has 3 rings (SSSR count). The molecule has 0 bridgehead atoms. The van der Waals surface area contributed by atoms with Gasteiger partial charge in [0.25, 0.3) is 0 Å². The molecule has 0 unspecified atom stereocenters. The summed E-state index contributed by atoms with van der Waals surface area (Å²) in [6, 6.07) is 2.13. The van der Waals surface area contributed by atoms with Crippen molar-refractivity contribution in [3.63, 3.8) is 0 Å². The van der Waals surface area contributed by atoms with Crippen molar-refractivity contribution in [2.24, 2.45) is 7.05 Å². The lowest BCUT2D eigenvalue weighted by Gasteiger charge is -2.08. The summed E-state index contributed by atoms with van der Waals surface area (Å²) in [5, 5.41) is 8.06. The van der Waals surface area contributed by atoms with E-state index in [1.165, 1.54) is 23.0 Å². The van der Waals surface area contributed by atoms with Crippen LogP contribution in [-0.4, -0.2) is 30.3 Å². The number of nitrogens with zero attached hydrogens (tertiary/aromatic N) is 5. The Hall–Kier alpha value is -3.23. The second-order valence-corrected chi connectivity index (χ2v) is 5.60. The molecule has 9 heteroatoms. The summed E-state index contributed by atoms with van der Waals surface area (Å²) in [6.45, 7) is 1.65. The van der Waals surface area contributed by atoms with E-state index in [-0.39, 0.29) is 11.6 Å². The van der Waals surface area contributed by atoms with Gasteiger partial charge in [0.15, 0.2) is 11.6 Å². The number of hydrogen-bond acceptors (Lipinski definition) is 4. The van der Waals surface area contributed by atoms with Crippen LogP contribution < -0.4 is 0 Å². The number of allylic oxidation sites excluding steroid dienone is 1. The van der Waals surface area contributed by atoms with E-state index in [9.17, 15) is 18.0 Å². The monoisotopic (exact) mass is 361 g/mol. The molecule has 6 nitrogen and oxygen atoms in total. The first-order valence-corrected chi connectivity index (χ1v) is 7.55. The summed E-state index contributed by atoms with van der Waals surface area (Å²) >= 11 is 0. The van der Waals surface area contributed by atoms with Crippen LogP contribution in [0.4, 0.5) is 13.2 Å². The first kappa shape index (κ1) is 17.6. The number of alkyl halides is 3. The summed E-state index contributed by atoms with van der Waals surface area (Å²) in [7, 11) is 1.77. The van der Waals surface area contributed by atoms with Crippen LogP contribution in [-0.2, 0) is 13.2 Å². The number of hydrogen-bond donors (Lipinski definition) is 0. The molecule has 0 saturated carbocycles. The van der Waals surface area contributed by atoms with Gasteiger partial charge in [-0.15, -0.1) is 0 Å². The zero-order valence-corrected chi connectivity index (χ0v) is 13.9. The smallest absolute Gasteiger partial charge is 0.289 e. The van der Waals surface area contributed by atoms with Gasteiger partial charge in [0.2, 0.25) is 0 Å². The predicted octanol–water partition coefficient (Wildman–Crippen LogP) is 3.22. The molecule has 0 aliphatic carbocycles. The van der Waals surface area contributed by atoms with Crippen LogP contribution in [0.15, 0.2) is 43.0 Å². The number of rotatable bonds is 4. The van der Waals surface area contributed by atoms with Crippen molar-refractivity contribution in [2.45, 2.75) is 13.1 Å². The third-order valence-corrected chi connectivity index (χ3v) is 3.72. The average Bonchev–Trinajstić information content (AvgIpc) is 3.18. The Bertz CT molecular complexity index is 967. The van der Waals surface area contributed by atoms with E-state index < -0.39 is 11.7 Å². The van der Waals surface area contributed by atoms with Crippen LogP contribution in [0.25, 0.3) is 11.9 Å². The van der Waals surface area contributed by atoms with E-state index in [0.717, 1.165) is 17.8 Å². The first-order valence-electron chi connectivity index (χ1n) is 7.55. The summed E-state index contributed by atoms with van der Waals surface area (Å²) in [5.41, 5.74) is 0.752. The molecule has 0 amide bonds. The lowest BCUT2D eigenvalue weighted by molar-refractivity contribution is -0.137. The first-order chi connectivity index (χ1) is 12.3. The normalized spacial score (nSPS) is 12.0. The van der Waals surface area contributed by atoms with E-state index in [0.29, 0.717) is 11.3 Å². The number of carbonyl (C=O) groups excluding carboxylic acids is 1. The minimum atomic E-state index is -4.46. The molecule has 3 aromatic rings. The zero-order valence-electron chi connectivity index (χ0n) is 13.9. The highest BCUT2D eigenvalue weighted by molar-refractivity contribution is 6.07. The molecule has 0 spiro atoms. The third kappa shape index (κ3) is 3.56. The van der Waals surface area contributed by atoms with Gasteiger partial charge in [-0.05, 0) is 31.2 Å². The van der Waals surface area contributed by atoms with Crippen molar-refractivity contribution in [2.75, 3.05) is 0 Å². The van der Waals surface area contributed by atoms with Gasteiger partial charge in [-0.2, -0.15) is 23.4 Å². The van der Waals surface area contributed by atoms with E-state index in [2.05, 4.69) is 15.2 Å².